The van der Waals surface area contributed by atoms with Gasteiger partial charge in [0.2, 0.25) is 0 Å². The lowest BCUT2D eigenvalue weighted by Gasteiger charge is -1.92. The highest BCUT2D eigenvalue weighted by Gasteiger charge is 2.03. The molecule has 0 saturated heterocycles. The smallest absolute Gasteiger partial charge is 0.136 e. The normalized spacial score (nSPS) is 10.6. The molecule has 0 fully saturated rings. The van der Waals surface area contributed by atoms with Crippen LogP contribution in [0.2, 0.25) is 0 Å². The summed E-state index contributed by atoms with van der Waals surface area (Å²) in [6, 6.07) is 3.05. The standard InChI is InChI=1S/C5H5N5/c6-1-3(5(9)10)4(8)2-7/h8H2,(H3,9,10)/b4-3+. The highest BCUT2D eigenvalue weighted by atomic mass is 14.7. The summed E-state index contributed by atoms with van der Waals surface area (Å²) in [6.07, 6.45) is 0. The van der Waals surface area contributed by atoms with E-state index in [-0.39, 0.29) is 11.3 Å². The number of nitriles is 2. The van der Waals surface area contributed by atoms with Crippen LogP contribution in [0.4, 0.5) is 0 Å². The minimum Gasteiger partial charge on any atom is -0.389 e. The molecule has 0 heterocycles. The van der Waals surface area contributed by atoms with Gasteiger partial charge >= 0.3 is 0 Å². The van der Waals surface area contributed by atoms with Gasteiger partial charge in [0.05, 0.1) is 0 Å². The van der Waals surface area contributed by atoms with E-state index in [1.54, 1.807) is 0 Å². The number of hydrogen-bond donors (Lipinski definition) is 3. The molecular weight excluding hydrogens is 130 g/mol. The van der Waals surface area contributed by atoms with Gasteiger partial charge < -0.3 is 11.5 Å². The van der Waals surface area contributed by atoms with E-state index < -0.39 is 5.84 Å². The van der Waals surface area contributed by atoms with Crippen LogP contribution in [-0.4, -0.2) is 5.84 Å². The fraction of sp³-hybridized carbons (Fsp3) is 0. The second-order valence-corrected chi connectivity index (χ2v) is 1.43. The van der Waals surface area contributed by atoms with Gasteiger partial charge in [0.15, 0.2) is 0 Å². The highest BCUT2D eigenvalue weighted by Crippen LogP contribution is 1.93. The molecule has 0 aliphatic carbocycles. The molecule has 50 valence electrons. The Morgan fingerprint density at radius 3 is 1.80 bits per heavy atom. The molecule has 0 spiro atoms. The van der Waals surface area contributed by atoms with Crippen molar-refractivity contribution < 1.29 is 0 Å². The first kappa shape index (κ1) is 7.99. The van der Waals surface area contributed by atoms with Crippen LogP contribution < -0.4 is 11.5 Å². The van der Waals surface area contributed by atoms with Crippen LogP contribution in [0.25, 0.3) is 0 Å². The molecule has 5 nitrogen and oxygen atoms in total. The number of allylic oxidation sites excluding steroid dienone is 1. The van der Waals surface area contributed by atoms with Crippen LogP contribution in [0.3, 0.4) is 0 Å². The van der Waals surface area contributed by atoms with E-state index in [2.05, 4.69) is 0 Å². The zero-order chi connectivity index (χ0) is 8.15. The van der Waals surface area contributed by atoms with Crippen molar-refractivity contribution >= 4 is 5.84 Å². The second kappa shape index (κ2) is 3.10. The van der Waals surface area contributed by atoms with Gasteiger partial charge in [-0.05, 0) is 0 Å². The van der Waals surface area contributed by atoms with Crippen LogP contribution in [0, 0.1) is 28.1 Å². The van der Waals surface area contributed by atoms with Crippen LogP contribution in [0.5, 0.6) is 0 Å². The summed E-state index contributed by atoms with van der Waals surface area (Å²) in [4.78, 5) is 0. The second-order valence-electron chi connectivity index (χ2n) is 1.43. The Labute approximate surface area is 57.7 Å². The Balaban J connectivity index is 4.92. The van der Waals surface area contributed by atoms with Gasteiger partial charge in [-0.3, -0.25) is 5.41 Å². The third-order valence-electron chi connectivity index (χ3n) is 0.771. The van der Waals surface area contributed by atoms with E-state index in [1.807, 2.05) is 0 Å². The van der Waals surface area contributed by atoms with Crippen molar-refractivity contribution in [3.63, 3.8) is 0 Å². The lowest BCUT2D eigenvalue weighted by atomic mass is 10.2. The van der Waals surface area contributed by atoms with Gasteiger partial charge in [-0.2, -0.15) is 10.5 Å². The Kier molecular flexibility index (Phi) is 2.48. The van der Waals surface area contributed by atoms with Crippen molar-refractivity contribution in [2.45, 2.75) is 0 Å². The van der Waals surface area contributed by atoms with Crippen molar-refractivity contribution in [1.29, 1.82) is 15.9 Å². The van der Waals surface area contributed by atoms with Crippen molar-refractivity contribution in [1.82, 2.24) is 0 Å². The zero-order valence-corrected chi connectivity index (χ0v) is 5.05. The zero-order valence-electron chi connectivity index (χ0n) is 5.05. The number of nitrogens with two attached hydrogens (primary N) is 2. The number of rotatable bonds is 1. The van der Waals surface area contributed by atoms with Gasteiger partial charge in [-0.15, -0.1) is 0 Å². The molecule has 0 atom stereocenters. The summed E-state index contributed by atoms with van der Waals surface area (Å²) >= 11 is 0. The largest absolute Gasteiger partial charge is 0.389 e. The lowest BCUT2D eigenvalue weighted by Crippen LogP contribution is -2.16. The monoisotopic (exact) mass is 135 g/mol. The molecule has 0 rings (SSSR count). The number of nitrogens with one attached hydrogen (secondary N) is 1. The fourth-order valence-electron chi connectivity index (χ4n) is 0.321. The van der Waals surface area contributed by atoms with Crippen molar-refractivity contribution in [3.05, 3.63) is 11.3 Å². The molecule has 0 saturated carbocycles. The van der Waals surface area contributed by atoms with Gasteiger partial charge in [0.1, 0.15) is 29.2 Å². The minimum absolute atomic E-state index is 0.275. The summed E-state index contributed by atoms with van der Waals surface area (Å²) in [7, 11) is 0. The summed E-state index contributed by atoms with van der Waals surface area (Å²) in [5, 5.41) is 23.1. The molecule has 0 aliphatic heterocycles. The number of hydrogen-bond acceptors (Lipinski definition) is 4. The minimum atomic E-state index is -0.485. The van der Waals surface area contributed by atoms with E-state index in [9.17, 15) is 0 Å². The SMILES string of the molecule is N#C/C(N)=C(/C#N)C(=N)N. The van der Waals surface area contributed by atoms with E-state index in [4.69, 9.17) is 27.4 Å². The Bertz CT molecular complexity index is 261. The molecule has 0 aromatic rings. The molecule has 0 aromatic carbocycles. The number of amidine groups is 1. The first-order valence-electron chi connectivity index (χ1n) is 2.27. The summed E-state index contributed by atoms with van der Waals surface area (Å²) in [5.74, 6) is -0.485. The molecule has 0 unspecified atom stereocenters. The Morgan fingerprint density at radius 2 is 1.70 bits per heavy atom. The summed E-state index contributed by atoms with van der Waals surface area (Å²) in [5.41, 5.74) is 9.30. The molecule has 0 amide bonds. The quantitative estimate of drug-likeness (QED) is 0.247. The van der Waals surface area contributed by atoms with Crippen molar-refractivity contribution in [2.75, 3.05) is 0 Å². The maximum absolute atomic E-state index is 8.24. The highest BCUT2D eigenvalue weighted by molar-refractivity contribution is 5.99. The van der Waals surface area contributed by atoms with Gasteiger partial charge in [0.25, 0.3) is 0 Å². The Hall–Kier alpha value is -2.01. The molecule has 0 radical (unpaired) electrons. The van der Waals surface area contributed by atoms with E-state index in [0.717, 1.165) is 0 Å². The maximum Gasteiger partial charge on any atom is 0.136 e. The number of nitrogens with zero attached hydrogens (tertiary/aromatic N) is 2. The topological polar surface area (TPSA) is 123 Å². The Morgan fingerprint density at radius 1 is 1.20 bits per heavy atom. The molecule has 0 aliphatic rings. The van der Waals surface area contributed by atoms with Crippen LogP contribution in [0.15, 0.2) is 11.3 Å². The third kappa shape index (κ3) is 1.49. The lowest BCUT2D eigenvalue weighted by molar-refractivity contribution is 1.33. The summed E-state index contributed by atoms with van der Waals surface area (Å²) < 4.78 is 0. The van der Waals surface area contributed by atoms with Crippen molar-refractivity contribution in [3.8, 4) is 12.1 Å². The first-order chi connectivity index (χ1) is 4.63. The third-order valence-corrected chi connectivity index (χ3v) is 0.771. The van der Waals surface area contributed by atoms with Gasteiger partial charge in [-0.25, -0.2) is 0 Å². The van der Waals surface area contributed by atoms with Crippen LogP contribution >= 0.6 is 0 Å². The first-order valence-corrected chi connectivity index (χ1v) is 2.27. The molecule has 10 heavy (non-hydrogen) atoms. The summed E-state index contributed by atoms with van der Waals surface area (Å²) in [6.45, 7) is 0. The van der Waals surface area contributed by atoms with E-state index in [1.165, 1.54) is 12.1 Å². The maximum atomic E-state index is 8.24. The predicted molar refractivity (Wildman–Crippen MR) is 34.4 cm³/mol. The average molecular weight is 135 g/mol. The fourth-order valence-corrected chi connectivity index (χ4v) is 0.321. The molecule has 0 bridgehead atoms. The molecule has 5 heteroatoms. The van der Waals surface area contributed by atoms with Crippen molar-refractivity contribution in [2.24, 2.45) is 11.5 Å². The van der Waals surface area contributed by atoms with E-state index in [0.29, 0.717) is 0 Å². The molecule has 0 aromatic heterocycles. The van der Waals surface area contributed by atoms with Crippen LogP contribution in [-0.2, 0) is 0 Å². The average Bonchev–Trinajstić information content (AvgIpc) is 1.88. The van der Waals surface area contributed by atoms with E-state index >= 15 is 0 Å². The van der Waals surface area contributed by atoms with Gasteiger partial charge in [-0.1, -0.05) is 0 Å². The van der Waals surface area contributed by atoms with Gasteiger partial charge in [0, 0.05) is 0 Å². The predicted octanol–water partition coefficient (Wildman–Crippen LogP) is -0.818. The van der Waals surface area contributed by atoms with Crippen LogP contribution in [0.1, 0.15) is 0 Å². The molecule has 5 N–H and O–H groups in total. The molecular formula is C5H5N5.